The van der Waals surface area contributed by atoms with E-state index in [2.05, 4.69) is 16.4 Å². The number of halogens is 1. The maximum Gasteiger partial charge on any atom is 0.234 e. The number of aromatic nitrogens is 1. The summed E-state index contributed by atoms with van der Waals surface area (Å²) in [6.07, 6.45) is 1.84. The number of carbonyl (C=O) groups is 1. The van der Waals surface area contributed by atoms with Gasteiger partial charge >= 0.3 is 0 Å². The Kier molecular flexibility index (Phi) is 4.04. The van der Waals surface area contributed by atoms with Crippen LogP contribution in [0.25, 0.3) is 10.9 Å². The van der Waals surface area contributed by atoms with Gasteiger partial charge in [-0.15, -0.1) is 0 Å². The molecule has 3 aromatic rings. The molecule has 0 fully saturated rings. The molecule has 4 nitrogen and oxygen atoms in total. The van der Waals surface area contributed by atoms with E-state index in [-0.39, 0.29) is 5.91 Å². The number of nitrogens with one attached hydrogen (secondary N) is 2. The van der Waals surface area contributed by atoms with E-state index in [1.165, 1.54) is 0 Å². The van der Waals surface area contributed by atoms with Crippen LogP contribution in [0.3, 0.4) is 0 Å². The molecule has 0 aliphatic carbocycles. The normalized spacial score (nSPS) is 11.2. The second kappa shape index (κ2) is 6.03. The summed E-state index contributed by atoms with van der Waals surface area (Å²) in [5, 5.41) is 13.5. The molecule has 0 bridgehead atoms. The first-order valence-electron chi connectivity index (χ1n) is 7.50. The number of nitriles is 1. The Hall–Kier alpha value is -2.77. The molecule has 0 aliphatic rings. The fraction of sp³-hybridized carbons (Fsp3) is 0.158. The molecule has 1 amide bonds. The van der Waals surface area contributed by atoms with Crippen LogP contribution < -0.4 is 5.32 Å². The number of amides is 1. The number of hydrogen-bond acceptors (Lipinski definition) is 2. The molecule has 0 saturated carbocycles. The number of carbonyl (C=O) groups excluding carboxylic acids is 1. The maximum atomic E-state index is 12.8. The Balaban J connectivity index is 1.93. The first kappa shape index (κ1) is 16.1. The van der Waals surface area contributed by atoms with E-state index in [0.29, 0.717) is 16.3 Å². The summed E-state index contributed by atoms with van der Waals surface area (Å²) in [6, 6.07) is 14.5. The van der Waals surface area contributed by atoms with Crippen molar-refractivity contribution < 1.29 is 4.79 Å². The van der Waals surface area contributed by atoms with Crippen molar-refractivity contribution in [2.45, 2.75) is 19.3 Å². The van der Waals surface area contributed by atoms with E-state index in [1.807, 2.05) is 38.2 Å². The molecule has 5 heteroatoms. The number of H-pyrrole nitrogens is 1. The van der Waals surface area contributed by atoms with Crippen molar-refractivity contribution in [1.29, 1.82) is 5.26 Å². The van der Waals surface area contributed by atoms with Crippen molar-refractivity contribution in [3.05, 3.63) is 64.8 Å². The van der Waals surface area contributed by atoms with Gasteiger partial charge in [0.2, 0.25) is 5.91 Å². The van der Waals surface area contributed by atoms with Crippen molar-refractivity contribution in [3.63, 3.8) is 0 Å². The number of fused-ring (bicyclic) bond motifs is 1. The standard InChI is InChI=1S/C19H16ClN3O/c1-19(2,16-11-22-17-9-13(20)6-7-15(16)17)18(24)23-14-5-3-4-12(8-14)10-21/h3-9,11,22H,1-2H3,(H,23,24). The van der Waals surface area contributed by atoms with Crippen molar-refractivity contribution in [2.24, 2.45) is 0 Å². The minimum atomic E-state index is -0.755. The minimum absolute atomic E-state index is 0.145. The third-order valence-corrected chi connectivity index (χ3v) is 4.37. The van der Waals surface area contributed by atoms with E-state index < -0.39 is 5.41 Å². The summed E-state index contributed by atoms with van der Waals surface area (Å²) in [4.78, 5) is 16.0. The molecular weight excluding hydrogens is 322 g/mol. The number of aromatic amines is 1. The predicted molar refractivity (Wildman–Crippen MR) is 96.1 cm³/mol. The second-order valence-electron chi connectivity index (χ2n) is 6.16. The number of anilines is 1. The SMILES string of the molecule is CC(C)(C(=O)Nc1cccc(C#N)c1)c1c[nH]c2cc(Cl)ccc12. The summed E-state index contributed by atoms with van der Waals surface area (Å²) in [5.74, 6) is -0.145. The Morgan fingerprint density at radius 2 is 2.04 bits per heavy atom. The minimum Gasteiger partial charge on any atom is -0.361 e. The average molecular weight is 338 g/mol. The van der Waals surface area contributed by atoms with Gasteiger partial charge in [0.15, 0.2) is 0 Å². The third-order valence-electron chi connectivity index (χ3n) is 4.13. The highest BCUT2D eigenvalue weighted by Gasteiger charge is 2.32. The Morgan fingerprint density at radius 3 is 2.79 bits per heavy atom. The lowest BCUT2D eigenvalue weighted by Gasteiger charge is -2.23. The lowest BCUT2D eigenvalue weighted by molar-refractivity contribution is -0.120. The Bertz CT molecular complexity index is 966. The molecule has 2 aromatic carbocycles. The number of hydrogen-bond donors (Lipinski definition) is 2. The molecular formula is C19H16ClN3O. The zero-order valence-corrected chi connectivity index (χ0v) is 14.1. The molecule has 0 aliphatic heterocycles. The van der Waals surface area contributed by atoms with Gasteiger partial charge in [0, 0.05) is 27.8 Å². The molecule has 0 unspecified atom stereocenters. The van der Waals surface area contributed by atoms with Crippen LogP contribution in [0.1, 0.15) is 25.0 Å². The van der Waals surface area contributed by atoms with Crippen LogP contribution in [0.5, 0.6) is 0 Å². The van der Waals surface area contributed by atoms with Crippen molar-refractivity contribution in [2.75, 3.05) is 5.32 Å². The largest absolute Gasteiger partial charge is 0.361 e. The van der Waals surface area contributed by atoms with Crippen LogP contribution in [0.15, 0.2) is 48.7 Å². The van der Waals surface area contributed by atoms with Crippen LogP contribution in [-0.2, 0) is 10.2 Å². The Labute approximate surface area is 145 Å². The summed E-state index contributed by atoms with van der Waals surface area (Å²) >= 11 is 6.01. The average Bonchev–Trinajstić information content (AvgIpc) is 2.98. The third kappa shape index (κ3) is 2.86. The van der Waals surface area contributed by atoms with Crippen molar-refractivity contribution in [1.82, 2.24) is 4.98 Å². The van der Waals surface area contributed by atoms with Gasteiger partial charge in [0.05, 0.1) is 17.0 Å². The van der Waals surface area contributed by atoms with E-state index in [4.69, 9.17) is 16.9 Å². The zero-order chi connectivity index (χ0) is 17.3. The summed E-state index contributed by atoms with van der Waals surface area (Å²) < 4.78 is 0. The summed E-state index contributed by atoms with van der Waals surface area (Å²) in [5.41, 5.74) is 2.14. The van der Waals surface area contributed by atoms with Gasteiger partial charge in [-0.3, -0.25) is 4.79 Å². The number of nitrogens with zero attached hydrogens (tertiary/aromatic N) is 1. The van der Waals surface area contributed by atoms with Crippen molar-refractivity contribution in [3.8, 4) is 6.07 Å². The van der Waals surface area contributed by atoms with Gasteiger partial charge in [-0.25, -0.2) is 0 Å². The van der Waals surface area contributed by atoms with Gasteiger partial charge < -0.3 is 10.3 Å². The number of rotatable bonds is 3. The lowest BCUT2D eigenvalue weighted by Crippen LogP contribution is -2.34. The van der Waals surface area contributed by atoms with E-state index in [0.717, 1.165) is 16.5 Å². The fourth-order valence-corrected chi connectivity index (χ4v) is 2.86. The fourth-order valence-electron chi connectivity index (χ4n) is 2.69. The molecule has 1 aromatic heterocycles. The highest BCUT2D eigenvalue weighted by Crippen LogP contribution is 2.32. The predicted octanol–water partition coefficient (Wildman–Crippen LogP) is 4.61. The maximum absolute atomic E-state index is 12.8. The van der Waals surface area contributed by atoms with Gasteiger partial charge in [0.1, 0.15) is 0 Å². The summed E-state index contributed by atoms with van der Waals surface area (Å²) in [7, 11) is 0. The quantitative estimate of drug-likeness (QED) is 0.732. The second-order valence-corrected chi connectivity index (χ2v) is 6.60. The van der Waals surface area contributed by atoms with E-state index in [1.54, 1.807) is 24.3 Å². The van der Waals surface area contributed by atoms with Crippen LogP contribution in [-0.4, -0.2) is 10.9 Å². The topological polar surface area (TPSA) is 68.7 Å². The molecule has 3 rings (SSSR count). The monoisotopic (exact) mass is 337 g/mol. The molecule has 24 heavy (non-hydrogen) atoms. The molecule has 120 valence electrons. The molecule has 2 N–H and O–H groups in total. The zero-order valence-electron chi connectivity index (χ0n) is 13.4. The van der Waals surface area contributed by atoms with Crippen LogP contribution in [0.2, 0.25) is 5.02 Å². The highest BCUT2D eigenvalue weighted by atomic mass is 35.5. The molecule has 0 atom stereocenters. The summed E-state index contributed by atoms with van der Waals surface area (Å²) in [6.45, 7) is 3.74. The Morgan fingerprint density at radius 1 is 1.25 bits per heavy atom. The van der Waals surface area contributed by atoms with E-state index >= 15 is 0 Å². The smallest absolute Gasteiger partial charge is 0.234 e. The van der Waals surface area contributed by atoms with Gasteiger partial charge in [0.25, 0.3) is 0 Å². The molecule has 0 spiro atoms. The van der Waals surface area contributed by atoms with Crippen LogP contribution in [0.4, 0.5) is 5.69 Å². The van der Waals surface area contributed by atoms with Gasteiger partial charge in [-0.05, 0) is 49.7 Å². The highest BCUT2D eigenvalue weighted by molar-refractivity contribution is 6.31. The number of benzene rings is 2. The van der Waals surface area contributed by atoms with Crippen LogP contribution >= 0.6 is 11.6 Å². The molecule has 0 saturated heterocycles. The molecule has 1 heterocycles. The lowest BCUT2D eigenvalue weighted by atomic mass is 9.83. The van der Waals surface area contributed by atoms with Crippen molar-refractivity contribution >= 4 is 34.1 Å². The van der Waals surface area contributed by atoms with Crippen LogP contribution in [0, 0.1) is 11.3 Å². The van der Waals surface area contributed by atoms with Gasteiger partial charge in [-0.1, -0.05) is 23.7 Å². The first-order chi connectivity index (χ1) is 11.4. The van der Waals surface area contributed by atoms with Gasteiger partial charge in [-0.2, -0.15) is 5.26 Å². The molecule has 0 radical (unpaired) electrons. The van der Waals surface area contributed by atoms with E-state index in [9.17, 15) is 4.79 Å². The first-order valence-corrected chi connectivity index (χ1v) is 7.88.